The van der Waals surface area contributed by atoms with Gasteiger partial charge in [0.05, 0.1) is 5.56 Å². The Labute approximate surface area is 127 Å². The molecule has 2 N–H and O–H groups in total. The molecule has 1 atom stereocenters. The number of aryl methyl sites for hydroxylation is 2. The quantitative estimate of drug-likeness (QED) is 0.875. The minimum Gasteiger partial charge on any atom is -0.310 e. The zero-order valence-electron chi connectivity index (χ0n) is 13.8. The summed E-state index contributed by atoms with van der Waals surface area (Å²) in [7, 11) is 0. The Hall–Kier alpha value is -1.16. The molecule has 1 aliphatic carbocycles. The SMILES string of the molecule is CCC1CCC(CNC(C)c2c(C)nc(C)[nH]c2=O)CC1. The van der Waals surface area contributed by atoms with Gasteiger partial charge in [-0.2, -0.15) is 0 Å². The van der Waals surface area contributed by atoms with Gasteiger partial charge in [-0.1, -0.05) is 26.2 Å². The third-order valence-corrected chi connectivity index (χ3v) is 4.95. The molecule has 2 rings (SSSR count). The smallest absolute Gasteiger partial charge is 0.255 e. The topological polar surface area (TPSA) is 57.8 Å². The Kier molecular flexibility index (Phi) is 5.57. The fourth-order valence-corrected chi connectivity index (χ4v) is 3.54. The van der Waals surface area contributed by atoms with Gasteiger partial charge >= 0.3 is 0 Å². The maximum atomic E-state index is 12.1. The third-order valence-electron chi connectivity index (χ3n) is 4.95. The van der Waals surface area contributed by atoms with Crippen LogP contribution < -0.4 is 10.9 Å². The van der Waals surface area contributed by atoms with E-state index in [0.29, 0.717) is 5.82 Å². The molecule has 1 saturated carbocycles. The average Bonchev–Trinajstić information content (AvgIpc) is 2.44. The van der Waals surface area contributed by atoms with E-state index in [2.05, 4.69) is 29.1 Å². The molecule has 118 valence electrons. The van der Waals surface area contributed by atoms with Crippen molar-refractivity contribution in [1.29, 1.82) is 0 Å². The highest BCUT2D eigenvalue weighted by Crippen LogP contribution is 2.30. The first kappa shape index (κ1) is 16.2. The summed E-state index contributed by atoms with van der Waals surface area (Å²) in [5, 5.41) is 3.54. The van der Waals surface area contributed by atoms with Crippen molar-refractivity contribution in [3.05, 3.63) is 27.4 Å². The number of hydrogen-bond donors (Lipinski definition) is 2. The van der Waals surface area contributed by atoms with E-state index in [4.69, 9.17) is 0 Å². The predicted molar refractivity (Wildman–Crippen MR) is 86.5 cm³/mol. The second-order valence-corrected chi connectivity index (χ2v) is 6.58. The lowest BCUT2D eigenvalue weighted by Crippen LogP contribution is -2.32. The normalized spacial score (nSPS) is 24.0. The van der Waals surface area contributed by atoms with E-state index in [9.17, 15) is 4.79 Å². The van der Waals surface area contributed by atoms with Crippen molar-refractivity contribution < 1.29 is 0 Å². The van der Waals surface area contributed by atoms with Crippen LogP contribution in [0.15, 0.2) is 4.79 Å². The van der Waals surface area contributed by atoms with E-state index in [-0.39, 0.29) is 11.6 Å². The maximum absolute atomic E-state index is 12.1. The van der Waals surface area contributed by atoms with Crippen molar-refractivity contribution in [2.45, 2.75) is 65.8 Å². The summed E-state index contributed by atoms with van der Waals surface area (Å²) in [6.45, 7) is 9.10. The molecule has 1 heterocycles. The van der Waals surface area contributed by atoms with Gasteiger partial charge in [-0.15, -0.1) is 0 Å². The Morgan fingerprint density at radius 2 is 1.86 bits per heavy atom. The van der Waals surface area contributed by atoms with Gasteiger partial charge in [-0.3, -0.25) is 4.79 Å². The van der Waals surface area contributed by atoms with E-state index in [1.54, 1.807) is 0 Å². The second-order valence-electron chi connectivity index (χ2n) is 6.58. The maximum Gasteiger partial charge on any atom is 0.255 e. The highest BCUT2D eigenvalue weighted by atomic mass is 16.1. The van der Waals surface area contributed by atoms with Crippen LogP contribution >= 0.6 is 0 Å². The number of nitrogens with one attached hydrogen (secondary N) is 2. The van der Waals surface area contributed by atoms with Gasteiger partial charge in [0.25, 0.3) is 5.56 Å². The van der Waals surface area contributed by atoms with Crippen LogP contribution in [0.1, 0.15) is 69.1 Å². The Balaban J connectivity index is 1.91. The zero-order valence-corrected chi connectivity index (χ0v) is 13.8. The Morgan fingerprint density at radius 3 is 2.43 bits per heavy atom. The van der Waals surface area contributed by atoms with E-state index in [1.807, 2.05) is 13.8 Å². The molecule has 0 radical (unpaired) electrons. The van der Waals surface area contributed by atoms with Crippen LogP contribution in [-0.4, -0.2) is 16.5 Å². The van der Waals surface area contributed by atoms with Crippen molar-refractivity contribution in [3.63, 3.8) is 0 Å². The largest absolute Gasteiger partial charge is 0.310 e. The minimum absolute atomic E-state index is 0.00492. The number of hydrogen-bond acceptors (Lipinski definition) is 3. The van der Waals surface area contributed by atoms with Crippen molar-refractivity contribution in [2.24, 2.45) is 11.8 Å². The lowest BCUT2D eigenvalue weighted by molar-refractivity contribution is 0.258. The first-order valence-corrected chi connectivity index (χ1v) is 8.32. The van der Waals surface area contributed by atoms with Crippen LogP contribution in [0.4, 0.5) is 0 Å². The molecular weight excluding hydrogens is 262 g/mol. The number of H-pyrrole nitrogens is 1. The van der Waals surface area contributed by atoms with Gasteiger partial charge in [0, 0.05) is 11.7 Å². The van der Waals surface area contributed by atoms with Crippen LogP contribution in [-0.2, 0) is 0 Å². The van der Waals surface area contributed by atoms with E-state index < -0.39 is 0 Å². The summed E-state index contributed by atoms with van der Waals surface area (Å²) in [5.74, 6) is 2.38. The van der Waals surface area contributed by atoms with Crippen LogP contribution in [0.2, 0.25) is 0 Å². The molecule has 21 heavy (non-hydrogen) atoms. The number of aromatic amines is 1. The van der Waals surface area contributed by atoms with Gasteiger partial charge in [-0.25, -0.2) is 4.98 Å². The van der Waals surface area contributed by atoms with Crippen LogP contribution in [0.25, 0.3) is 0 Å². The van der Waals surface area contributed by atoms with Crippen molar-refractivity contribution in [1.82, 2.24) is 15.3 Å². The van der Waals surface area contributed by atoms with E-state index in [1.165, 1.54) is 32.1 Å². The number of rotatable bonds is 5. The van der Waals surface area contributed by atoms with Crippen LogP contribution in [0.3, 0.4) is 0 Å². The van der Waals surface area contributed by atoms with Gasteiger partial charge in [-0.05, 0) is 52.0 Å². The van der Waals surface area contributed by atoms with Crippen molar-refractivity contribution in [3.8, 4) is 0 Å². The highest BCUT2D eigenvalue weighted by Gasteiger charge is 2.21. The van der Waals surface area contributed by atoms with Crippen molar-refractivity contribution >= 4 is 0 Å². The molecule has 0 saturated heterocycles. The molecule has 4 heteroatoms. The summed E-state index contributed by atoms with van der Waals surface area (Å²) in [6, 6.07) is 0.0609. The van der Waals surface area contributed by atoms with Crippen LogP contribution in [0.5, 0.6) is 0 Å². The average molecular weight is 291 g/mol. The van der Waals surface area contributed by atoms with Gasteiger partial charge in [0.1, 0.15) is 5.82 Å². The van der Waals surface area contributed by atoms with Gasteiger partial charge in [0.15, 0.2) is 0 Å². The molecule has 1 aromatic heterocycles. The van der Waals surface area contributed by atoms with Crippen molar-refractivity contribution in [2.75, 3.05) is 6.54 Å². The third kappa shape index (κ3) is 4.16. The molecule has 1 unspecified atom stereocenters. The molecule has 0 bridgehead atoms. The second kappa shape index (κ2) is 7.21. The molecule has 0 spiro atoms. The lowest BCUT2D eigenvalue weighted by Gasteiger charge is -2.29. The van der Waals surface area contributed by atoms with E-state index >= 15 is 0 Å². The number of nitrogens with zero attached hydrogens (tertiary/aromatic N) is 1. The molecule has 4 nitrogen and oxygen atoms in total. The first-order valence-electron chi connectivity index (χ1n) is 8.32. The summed E-state index contributed by atoms with van der Waals surface area (Å²) in [6.07, 6.45) is 6.69. The zero-order chi connectivity index (χ0) is 15.4. The molecule has 0 aromatic carbocycles. The first-order chi connectivity index (χ1) is 10.0. The molecule has 1 fully saturated rings. The fourth-order valence-electron chi connectivity index (χ4n) is 3.54. The van der Waals surface area contributed by atoms with Crippen LogP contribution in [0, 0.1) is 25.7 Å². The monoisotopic (exact) mass is 291 g/mol. The Bertz CT molecular complexity index is 515. The molecule has 0 aliphatic heterocycles. The molecular formula is C17H29N3O. The molecule has 1 aromatic rings. The fraction of sp³-hybridized carbons (Fsp3) is 0.765. The molecule has 0 amide bonds. The molecule has 1 aliphatic rings. The standard InChI is InChI=1S/C17H29N3O/c1-5-14-6-8-15(9-7-14)10-18-11(2)16-12(3)19-13(4)20-17(16)21/h11,14-15,18H,5-10H2,1-4H3,(H,19,20,21). The number of aromatic nitrogens is 2. The summed E-state index contributed by atoms with van der Waals surface area (Å²) >= 11 is 0. The van der Waals surface area contributed by atoms with Gasteiger partial charge in [0.2, 0.25) is 0 Å². The summed E-state index contributed by atoms with van der Waals surface area (Å²) in [4.78, 5) is 19.3. The lowest BCUT2D eigenvalue weighted by atomic mass is 9.81. The van der Waals surface area contributed by atoms with Gasteiger partial charge < -0.3 is 10.3 Å². The van der Waals surface area contributed by atoms with E-state index in [0.717, 1.165) is 29.6 Å². The predicted octanol–water partition coefficient (Wildman–Crippen LogP) is 3.25. The summed E-state index contributed by atoms with van der Waals surface area (Å²) in [5.41, 5.74) is 1.61. The Morgan fingerprint density at radius 1 is 1.24 bits per heavy atom. The highest BCUT2D eigenvalue weighted by molar-refractivity contribution is 5.19. The summed E-state index contributed by atoms with van der Waals surface area (Å²) < 4.78 is 0. The minimum atomic E-state index is -0.00492.